The van der Waals surface area contributed by atoms with Gasteiger partial charge in [-0.1, -0.05) is 148 Å². The van der Waals surface area contributed by atoms with Crippen LogP contribution in [-0.2, 0) is 67.7 Å². The summed E-state index contributed by atoms with van der Waals surface area (Å²) in [6.45, 7) is 6.50. The average Bonchev–Trinajstić information content (AvgIpc) is 2.01. The highest BCUT2D eigenvalue weighted by atomic mass is 16.7. The van der Waals surface area contributed by atoms with Gasteiger partial charge >= 0.3 is 0 Å². The molecular formula is C75H105N9O6. The maximum Gasteiger partial charge on any atom is 0.174 e. The highest BCUT2D eigenvalue weighted by Gasteiger charge is 2.29. The van der Waals surface area contributed by atoms with E-state index in [1.165, 1.54) is 130 Å². The number of anilines is 3. The number of nitrogens with zero attached hydrogens (tertiary/aromatic N) is 3. The van der Waals surface area contributed by atoms with Gasteiger partial charge < -0.3 is 75.0 Å². The van der Waals surface area contributed by atoms with Crippen LogP contribution in [0.1, 0.15) is 110 Å². The van der Waals surface area contributed by atoms with E-state index in [1.807, 2.05) is 0 Å². The quantitative estimate of drug-likeness (QED) is 0.0544. The average molecular weight is 1230 g/mol. The Balaban J connectivity index is 0.930. The molecule has 6 atom stereocenters. The van der Waals surface area contributed by atoms with Crippen molar-refractivity contribution in [2.24, 2.45) is 0 Å². The molecule has 6 aromatic rings. The van der Waals surface area contributed by atoms with Gasteiger partial charge in [0.05, 0.1) is 19.6 Å². The summed E-state index contributed by atoms with van der Waals surface area (Å²) in [5.41, 5.74) is 18.3. The Morgan fingerprint density at radius 1 is 0.300 bits per heavy atom. The molecule has 15 aliphatic rings. The first-order valence-electron chi connectivity index (χ1n) is 33.4. The first-order chi connectivity index (χ1) is 44.0. The molecule has 0 spiro atoms. The van der Waals surface area contributed by atoms with Gasteiger partial charge in [0.1, 0.15) is 0 Å². The number of nitrogens with one attached hydrogen (secondary N) is 6. The fraction of sp³-hybridized carbons (Fsp3) is 0.520. The summed E-state index contributed by atoms with van der Waals surface area (Å²) < 4.78 is 34.4. The summed E-state index contributed by atoms with van der Waals surface area (Å²) in [4.78, 5) is 6.84. The number of hydrogen-bond acceptors (Lipinski definition) is 15. The van der Waals surface area contributed by atoms with E-state index in [1.54, 1.807) is 42.7 Å². The molecule has 15 nitrogen and oxygen atoms in total. The summed E-state index contributed by atoms with van der Waals surface area (Å²) >= 11 is 0. The van der Waals surface area contributed by atoms with Crippen LogP contribution < -0.4 is 46.6 Å². The Kier molecular flexibility index (Phi) is 25.1. The van der Waals surface area contributed by atoms with Crippen LogP contribution in [0.25, 0.3) is 33.4 Å². The van der Waals surface area contributed by atoms with Gasteiger partial charge in [-0.3, -0.25) is 0 Å². The molecule has 12 bridgehead atoms. The molecule has 3 aliphatic carbocycles. The molecule has 0 saturated heterocycles. The lowest BCUT2D eigenvalue weighted by atomic mass is 9.89. The lowest BCUT2D eigenvalue weighted by molar-refractivity contribution is -0.0946. The zero-order chi connectivity index (χ0) is 62.8. The van der Waals surface area contributed by atoms with E-state index in [-0.39, 0.29) is 18.9 Å². The van der Waals surface area contributed by atoms with Crippen molar-refractivity contribution in [1.29, 1.82) is 0 Å². The number of methoxy groups -OCH3 is 6. The smallest absolute Gasteiger partial charge is 0.174 e. The van der Waals surface area contributed by atoms with Crippen LogP contribution in [0.5, 0.6) is 0 Å². The Morgan fingerprint density at radius 2 is 0.511 bits per heavy atom. The maximum atomic E-state index is 5.74. The van der Waals surface area contributed by atoms with Gasteiger partial charge in [0, 0.05) is 156 Å². The van der Waals surface area contributed by atoms with Gasteiger partial charge in [-0.05, 0) is 123 Å². The minimum absolute atomic E-state index is 0.304. The fourth-order valence-electron chi connectivity index (χ4n) is 14.2. The lowest BCUT2D eigenvalue weighted by Crippen LogP contribution is -2.49. The molecule has 21 rings (SSSR count). The van der Waals surface area contributed by atoms with Crippen molar-refractivity contribution in [2.75, 3.05) is 98.1 Å². The summed E-state index contributed by atoms with van der Waals surface area (Å²) in [7, 11) is 16.7. The van der Waals surface area contributed by atoms with Crippen LogP contribution >= 0.6 is 0 Å². The fourth-order valence-corrected chi connectivity index (χ4v) is 14.2. The highest BCUT2D eigenvalue weighted by Crippen LogP contribution is 2.34. The lowest BCUT2D eigenvalue weighted by Gasteiger charge is -2.34. The minimum atomic E-state index is -0.363. The number of benzene rings is 6. The van der Waals surface area contributed by atoms with Gasteiger partial charge in [0.15, 0.2) is 18.9 Å². The molecule has 3 fully saturated rings. The Bertz CT molecular complexity index is 3120. The number of likely N-dealkylation sites (N-methyl/N-ethyl adjacent to an activating group) is 3. The predicted octanol–water partition coefficient (Wildman–Crippen LogP) is 11.7. The second-order valence-electron chi connectivity index (χ2n) is 25.7. The van der Waals surface area contributed by atoms with Crippen molar-refractivity contribution < 1.29 is 28.4 Å². The van der Waals surface area contributed by atoms with Gasteiger partial charge in [-0.15, -0.1) is 0 Å². The van der Waals surface area contributed by atoms with E-state index >= 15 is 0 Å². The SMILES string of the molecule is COC(CN(C)c1cc2ccc1CN[C@@H]1CCCC[C@H]1NCc1ccc(cc1)-c1ccc(c(N(C)CC(OC)OC)c1)CN[C@@H]1CCCC[C@H]1NCc1ccc(cc1N(C)CC(OC)OC)-c1ccc(cc1)CN[C@@H]1CCCC[C@H]1NCc1ccc-2cc1)OC. The Morgan fingerprint density at radius 3 is 0.733 bits per heavy atom. The van der Waals surface area contributed by atoms with Crippen LogP contribution in [0.3, 0.4) is 0 Å². The largest absolute Gasteiger partial charge is 0.369 e. The zero-order valence-electron chi connectivity index (χ0n) is 55.5. The molecule has 0 aromatic heterocycles. The highest BCUT2D eigenvalue weighted by molar-refractivity contribution is 5.73. The van der Waals surface area contributed by atoms with Crippen LogP contribution in [0, 0.1) is 0 Å². The van der Waals surface area contributed by atoms with Crippen molar-refractivity contribution >= 4 is 17.1 Å². The van der Waals surface area contributed by atoms with Crippen molar-refractivity contribution in [2.45, 2.75) is 171 Å². The molecule has 90 heavy (non-hydrogen) atoms. The van der Waals surface area contributed by atoms with Gasteiger partial charge in [0.2, 0.25) is 0 Å². The Labute approximate surface area is 538 Å². The second kappa shape index (κ2) is 33.7. The monoisotopic (exact) mass is 1230 g/mol. The molecule has 15 heteroatoms. The molecule has 0 unspecified atom stereocenters. The zero-order valence-corrected chi connectivity index (χ0v) is 55.5. The van der Waals surface area contributed by atoms with Crippen LogP contribution in [0.15, 0.2) is 127 Å². The topological polar surface area (TPSA) is 137 Å². The van der Waals surface area contributed by atoms with Gasteiger partial charge in [0.25, 0.3) is 0 Å². The molecule has 12 heterocycles. The predicted molar refractivity (Wildman–Crippen MR) is 368 cm³/mol. The molecule has 0 amide bonds. The van der Waals surface area contributed by atoms with Gasteiger partial charge in [-0.2, -0.15) is 0 Å². The second-order valence-corrected chi connectivity index (χ2v) is 25.7. The third kappa shape index (κ3) is 17.9. The van der Waals surface area contributed by atoms with Crippen molar-refractivity contribution in [3.63, 3.8) is 0 Å². The van der Waals surface area contributed by atoms with E-state index in [0.717, 1.165) is 70.6 Å². The standard InChI is InChI=1S/C75H105N9O6/c1-82(49-73(85-4)86-5)70-40-58-34-37-61(70)46-79-67-19-13-12-18-66(67)78-45-54-26-32-57(33-27-54)60-36-39-63(72(42-60)84(3)51-75(89-8)90-9)48-81-69-21-15-14-20-68(69)80-47-62-38-35-59(41-71(62)83(2)50-74(87-6)88-7)56-30-24-53(25-31-56)44-77-65-17-11-10-16-64(65)76-43-52-22-28-55(58)29-23-52/h22-42,64-69,73-81H,10-21,43-51H2,1-9H3/t64-,65-,66-,67-,68-,69-/m1/s1. The number of ether oxygens (including phenoxy) is 6. The van der Waals surface area contributed by atoms with E-state index in [4.69, 9.17) is 28.4 Å². The minimum Gasteiger partial charge on any atom is -0.369 e. The van der Waals surface area contributed by atoms with Crippen molar-refractivity contribution in [3.05, 3.63) is 161 Å². The molecule has 6 aromatic carbocycles. The summed E-state index contributed by atoms with van der Waals surface area (Å²) in [6, 6.07) is 50.5. The van der Waals surface area contributed by atoms with E-state index < -0.39 is 0 Å². The summed E-state index contributed by atoms with van der Waals surface area (Å²) in [6.07, 6.45) is 13.1. The number of hydrogen-bond donors (Lipinski definition) is 6. The third-order valence-corrected chi connectivity index (χ3v) is 19.9. The molecule has 12 aliphatic heterocycles. The van der Waals surface area contributed by atoms with Gasteiger partial charge in [-0.25, -0.2) is 0 Å². The van der Waals surface area contributed by atoms with E-state index in [0.29, 0.717) is 55.9 Å². The van der Waals surface area contributed by atoms with Crippen LogP contribution in [0.4, 0.5) is 17.1 Å². The van der Waals surface area contributed by atoms with Crippen LogP contribution in [-0.4, -0.2) is 139 Å². The summed E-state index contributed by atoms with van der Waals surface area (Å²) in [5.74, 6) is 0. The third-order valence-electron chi connectivity index (χ3n) is 19.9. The molecular weight excluding hydrogens is 1120 g/mol. The maximum absolute atomic E-state index is 5.74. The molecule has 3 saturated carbocycles. The normalized spacial score (nSPS) is 21.5. The number of rotatable bonds is 15. The van der Waals surface area contributed by atoms with Crippen LogP contribution in [0.2, 0.25) is 0 Å². The first-order valence-corrected chi connectivity index (χ1v) is 33.4. The summed E-state index contributed by atoms with van der Waals surface area (Å²) in [5, 5.41) is 24.2. The molecule has 0 radical (unpaired) electrons. The van der Waals surface area contributed by atoms with E-state index in [9.17, 15) is 0 Å². The van der Waals surface area contributed by atoms with E-state index in [2.05, 4.69) is 195 Å². The van der Waals surface area contributed by atoms with Crippen molar-refractivity contribution in [1.82, 2.24) is 31.9 Å². The van der Waals surface area contributed by atoms with Crippen molar-refractivity contribution in [3.8, 4) is 33.4 Å². The Hall–Kier alpha value is -5.76. The molecule has 486 valence electrons. The molecule has 6 N–H and O–H groups in total. The first kappa shape index (κ1) is 67.1.